The van der Waals surface area contributed by atoms with Gasteiger partial charge in [0, 0.05) is 29.2 Å². The van der Waals surface area contributed by atoms with Gasteiger partial charge in [-0.1, -0.05) is 17.3 Å². The Labute approximate surface area is 176 Å². The number of carbonyl (C=O) groups is 2. The first-order chi connectivity index (χ1) is 14.9. The Morgan fingerprint density at radius 3 is 2.90 bits per heavy atom. The maximum absolute atomic E-state index is 12.9. The molecule has 0 spiro atoms. The summed E-state index contributed by atoms with van der Waals surface area (Å²) in [6.07, 6.45) is 2.58. The molecule has 0 radical (unpaired) electrons. The molecule has 4 aromatic rings. The molecule has 0 fully saturated rings. The highest BCUT2D eigenvalue weighted by molar-refractivity contribution is 6.04. The summed E-state index contributed by atoms with van der Waals surface area (Å²) in [5, 5.41) is 9.28. The highest BCUT2D eigenvalue weighted by Crippen LogP contribution is 2.24. The Morgan fingerprint density at radius 2 is 2.10 bits per heavy atom. The van der Waals surface area contributed by atoms with Gasteiger partial charge in [-0.2, -0.15) is 4.98 Å². The van der Waals surface area contributed by atoms with Crippen LogP contribution in [0.15, 0.2) is 47.2 Å². The van der Waals surface area contributed by atoms with Gasteiger partial charge in [-0.05, 0) is 24.6 Å². The number of alkyl carbamates (subject to hydrolysis) is 1. The maximum atomic E-state index is 12.9. The Bertz CT molecular complexity index is 1280. The molecule has 0 aliphatic heterocycles. The van der Waals surface area contributed by atoms with Gasteiger partial charge < -0.3 is 25.6 Å². The SMILES string of the molecule is COC(=O)NCc1nc(-c2ccc(C)c(NC(=O)c3cnc4cc(N)ccn34)c2)no1. The molecule has 3 aromatic heterocycles. The molecule has 2 amide bonds. The summed E-state index contributed by atoms with van der Waals surface area (Å²) in [6, 6.07) is 8.77. The van der Waals surface area contributed by atoms with Crippen molar-refractivity contribution in [2.45, 2.75) is 13.5 Å². The largest absolute Gasteiger partial charge is 0.453 e. The summed E-state index contributed by atoms with van der Waals surface area (Å²) in [4.78, 5) is 32.5. The summed E-state index contributed by atoms with van der Waals surface area (Å²) in [6.45, 7) is 1.91. The van der Waals surface area contributed by atoms with Crippen LogP contribution in [0.3, 0.4) is 0 Å². The zero-order chi connectivity index (χ0) is 22.0. The van der Waals surface area contributed by atoms with Gasteiger partial charge >= 0.3 is 6.09 Å². The summed E-state index contributed by atoms with van der Waals surface area (Å²) >= 11 is 0. The number of nitrogens with one attached hydrogen (secondary N) is 2. The number of pyridine rings is 1. The molecule has 0 bridgehead atoms. The molecule has 11 nitrogen and oxygen atoms in total. The van der Waals surface area contributed by atoms with E-state index in [1.807, 2.05) is 19.1 Å². The fourth-order valence-electron chi connectivity index (χ4n) is 2.91. The number of imidazole rings is 1. The van der Waals surface area contributed by atoms with Gasteiger partial charge in [-0.3, -0.25) is 9.20 Å². The van der Waals surface area contributed by atoms with Crippen molar-refractivity contribution in [3.8, 4) is 11.4 Å². The molecule has 4 rings (SSSR count). The third kappa shape index (κ3) is 4.15. The van der Waals surface area contributed by atoms with Crippen LogP contribution in [0.5, 0.6) is 0 Å². The molecule has 0 aliphatic rings. The minimum Gasteiger partial charge on any atom is -0.453 e. The van der Waals surface area contributed by atoms with Crippen molar-refractivity contribution in [3.63, 3.8) is 0 Å². The molecule has 11 heteroatoms. The summed E-state index contributed by atoms with van der Waals surface area (Å²) in [5.41, 5.74) is 9.36. The third-order valence-corrected chi connectivity index (χ3v) is 4.55. The molecule has 1 aromatic carbocycles. The van der Waals surface area contributed by atoms with E-state index >= 15 is 0 Å². The number of fused-ring (bicyclic) bond motifs is 1. The number of methoxy groups -OCH3 is 1. The van der Waals surface area contributed by atoms with Crippen molar-refractivity contribution in [3.05, 3.63) is 59.9 Å². The number of hydrogen-bond acceptors (Lipinski definition) is 8. The summed E-state index contributed by atoms with van der Waals surface area (Å²) < 4.78 is 11.3. The van der Waals surface area contributed by atoms with Gasteiger partial charge in [-0.25, -0.2) is 9.78 Å². The summed E-state index contributed by atoms with van der Waals surface area (Å²) in [7, 11) is 1.26. The molecule has 0 aliphatic carbocycles. The van der Waals surface area contributed by atoms with Crippen molar-refractivity contribution >= 4 is 29.0 Å². The highest BCUT2D eigenvalue weighted by Gasteiger charge is 2.16. The van der Waals surface area contributed by atoms with E-state index in [0.29, 0.717) is 34.1 Å². The van der Waals surface area contributed by atoms with Crippen molar-refractivity contribution in [2.75, 3.05) is 18.2 Å². The number of benzene rings is 1. The quantitative estimate of drug-likeness (QED) is 0.444. The van der Waals surface area contributed by atoms with E-state index in [-0.39, 0.29) is 18.3 Å². The molecule has 0 unspecified atom stereocenters. The first-order valence-electron chi connectivity index (χ1n) is 9.24. The van der Waals surface area contributed by atoms with Gasteiger partial charge in [0.15, 0.2) is 0 Å². The van der Waals surface area contributed by atoms with E-state index in [0.717, 1.165) is 5.56 Å². The second-order valence-corrected chi connectivity index (χ2v) is 6.67. The van der Waals surface area contributed by atoms with Crippen molar-refractivity contribution in [1.82, 2.24) is 24.8 Å². The van der Waals surface area contributed by atoms with Crippen molar-refractivity contribution in [2.24, 2.45) is 0 Å². The molecule has 158 valence electrons. The van der Waals surface area contributed by atoms with Crippen LogP contribution in [0, 0.1) is 6.92 Å². The molecule has 31 heavy (non-hydrogen) atoms. The topological polar surface area (TPSA) is 150 Å². The lowest BCUT2D eigenvalue weighted by molar-refractivity contribution is 0.102. The van der Waals surface area contributed by atoms with E-state index in [2.05, 4.69) is 30.5 Å². The fourth-order valence-corrected chi connectivity index (χ4v) is 2.91. The number of rotatable bonds is 5. The van der Waals surface area contributed by atoms with Gasteiger partial charge in [-0.15, -0.1) is 0 Å². The molecule has 3 heterocycles. The first-order valence-corrected chi connectivity index (χ1v) is 9.24. The second kappa shape index (κ2) is 8.14. The minimum absolute atomic E-state index is 0.0356. The number of ether oxygens (including phenoxy) is 1. The van der Waals surface area contributed by atoms with E-state index < -0.39 is 6.09 Å². The second-order valence-electron chi connectivity index (χ2n) is 6.67. The monoisotopic (exact) mass is 421 g/mol. The zero-order valence-corrected chi connectivity index (χ0v) is 16.7. The zero-order valence-electron chi connectivity index (χ0n) is 16.7. The van der Waals surface area contributed by atoms with Crippen molar-refractivity contribution < 1.29 is 18.8 Å². The first kappa shape index (κ1) is 19.9. The van der Waals surface area contributed by atoms with Crippen LogP contribution in [0.25, 0.3) is 17.0 Å². The lowest BCUT2D eigenvalue weighted by Gasteiger charge is -2.09. The number of carbonyl (C=O) groups excluding carboxylic acids is 2. The molecular weight excluding hydrogens is 402 g/mol. The van der Waals surface area contributed by atoms with E-state index in [4.69, 9.17) is 10.3 Å². The molecule has 0 atom stereocenters. The van der Waals surface area contributed by atoms with Gasteiger partial charge in [0.05, 0.1) is 13.3 Å². The molecule has 0 saturated carbocycles. The van der Waals surface area contributed by atoms with Gasteiger partial charge in [0.25, 0.3) is 5.91 Å². The Balaban J connectivity index is 1.55. The van der Waals surface area contributed by atoms with Crippen LogP contribution in [0.1, 0.15) is 21.9 Å². The van der Waals surface area contributed by atoms with Gasteiger partial charge in [0.2, 0.25) is 11.7 Å². The lowest BCUT2D eigenvalue weighted by Crippen LogP contribution is -2.22. The van der Waals surface area contributed by atoms with E-state index in [1.54, 1.807) is 28.8 Å². The number of aryl methyl sites for hydroxylation is 1. The fraction of sp³-hybridized carbons (Fsp3) is 0.150. The summed E-state index contributed by atoms with van der Waals surface area (Å²) in [5.74, 6) is 0.215. The van der Waals surface area contributed by atoms with Crippen LogP contribution < -0.4 is 16.4 Å². The Morgan fingerprint density at radius 1 is 1.26 bits per heavy atom. The third-order valence-electron chi connectivity index (χ3n) is 4.55. The Hall–Kier alpha value is -4.41. The number of hydrogen-bond donors (Lipinski definition) is 3. The number of nitrogens with two attached hydrogens (primary N) is 1. The number of nitrogen functional groups attached to an aromatic ring is 1. The lowest BCUT2D eigenvalue weighted by atomic mass is 10.1. The smallest absolute Gasteiger partial charge is 0.407 e. The highest BCUT2D eigenvalue weighted by atomic mass is 16.5. The number of amides is 2. The van der Waals surface area contributed by atoms with Crippen LogP contribution in [-0.2, 0) is 11.3 Å². The van der Waals surface area contributed by atoms with E-state index in [1.165, 1.54) is 13.3 Å². The van der Waals surface area contributed by atoms with Crippen LogP contribution in [-0.4, -0.2) is 38.6 Å². The van der Waals surface area contributed by atoms with Crippen LogP contribution >= 0.6 is 0 Å². The number of nitrogens with zero attached hydrogens (tertiary/aromatic N) is 4. The van der Waals surface area contributed by atoms with E-state index in [9.17, 15) is 9.59 Å². The predicted molar refractivity (Wildman–Crippen MR) is 111 cm³/mol. The molecule has 0 saturated heterocycles. The normalized spacial score (nSPS) is 10.8. The van der Waals surface area contributed by atoms with Gasteiger partial charge in [0.1, 0.15) is 17.9 Å². The Kier molecular flexibility index (Phi) is 5.22. The predicted octanol–water partition coefficient (Wildman–Crippen LogP) is 2.38. The molecular formula is C20H19N7O4. The average molecular weight is 421 g/mol. The van der Waals surface area contributed by atoms with Crippen LogP contribution in [0.4, 0.5) is 16.2 Å². The minimum atomic E-state index is -0.602. The van der Waals surface area contributed by atoms with Crippen molar-refractivity contribution in [1.29, 1.82) is 0 Å². The number of aromatic nitrogens is 4. The maximum Gasteiger partial charge on any atom is 0.407 e. The average Bonchev–Trinajstić information content (AvgIpc) is 3.40. The standard InChI is InChI=1S/C20H19N7O4/c1-11-3-4-12(18-25-17(31-26-18)10-23-20(29)30-2)7-14(11)24-19(28)15-9-22-16-8-13(21)5-6-27(15)16/h3-9H,10,21H2,1-2H3,(H,23,29)(H,24,28). The molecule has 4 N–H and O–H groups in total. The number of anilines is 2. The van der Waals surface area contributed by atoms with Crippen LogP contribution in [0.2, 0.25) is 0 Å².